The highest BCUT2D eigenvalue weighted by Crippen LogP contribution is 1.99. The number of nitrogens with zero attached hydrogens (tertiary/aromatic N) is 1. The summed E-state index contributed by atoms with van der Waals surface area (Å²) in [4.78, 5) is 24.9. The lowest BCUT2D eigenvalue weighted by Crippen LogP contribution is -2.44. The number of morpholine rings is 1. The van der Waals surface area contributed by atoms with E-state index in [-0.39, 0.29) is 31.2 Å². The van der Waals surface area contributed by atoms with Crippen molar-refractivity contribution in [3.63, 3.8) is 0 Å². The van der Waals surface area contributed by atoms with Crippen LogP contribution in [0.25, 0.3) is 0 Å². The largest absolute Gasteiger partial charge is 0.378 e. The highest BCUT2D eigenvalue weighted by Gasteiger charge is 2.17. The van der Waals surface area contributed by atoms with E-state index in [1.54, 1.807) is 4.90 Å². The zero-order valence-corrected chi connectivity index (χ0v) is 10.4. The molecule has 0 aromatic carbocycles. The topological polar surface area (TPSA) is 84.7 Å². The summed E-state index contributed by atoms with van der Waals surface area (Å²) in [6.07, 6.45) is 5.53. The van der Waals surface area contributed by atoms with Crippen molar-refractivity contribution in [1.29, 1.82) is 0 Å². The summed E-state index contributed by atoms with van der Waals surface area (Å²) < 4.78 is 5.15. The number of hydrogen-bond donors (Lipinski definition) is 2. The number of hydrogen-bond acceptors (Lipinski definition) is 4. The minimum Gasteiger partial charge on any atom is -0.378 e. The Bertz CT molecular complexity index is 332. The minimum absolute atomic E-state index is 0.0177. The SMILES string of the molecule is C#CCC(N)C(=O)NCCC(=O)N1CCOCC1. The molecule has 0 radical (unpaired) electrons. The maximum atomic E-state index is 11.7. The first kappa shape index (κ1) is 14.5. The van der Waals surface area contributed by atoms with Gasteiger partial charge in [-0.1, -0.05) is 0 Å². The van der Waals surface area contributed by atoms with Crippen molar-refractivity contribution in [1.82, 2.24) is 10.2 Å². The maximum Gasteiger partial charge on any atom is 0.237 e. The second-order valence-electron chi connectivity index (χ2n) is 4.05. The second-order valence-corrected chi connectivity index (χ2v) is 4.05. The molecule has 1 unspecified atom stereocenters. The van der Waals surface area contributed by atoms with Crippen molar-refractivity contribution in [3.05, 3.63) is 0 Å². The minimum atomic E-state index is -0.700. The molecule has 100 valence electrons. The molecular formula is C12H19N3O3. The molecule has 0 spiro atoms. The van der Waals surface area contributed by atoms with Crippen LogP contribution >= 0.6 is 0 Å². The van der Waals surface area contributed by atoms with Crippen LogP contribution in [0.15, 0.2) is 0 Å². The van der Waals surface area contributed by atoms with E-state index in [0.717, 1.165) is 0 Å². The van der Waals surface area contributed by atoms with E-state index in [1.807, 2.05) is 0 Å². The summed E-state index contributed by atoms with van der Waals surface area (Å²) in [5.74, 6) is 2.03. The summed E-state index contributed by atoms with van der Waals surface area (Å²) in [6, 6.07) is -0.700. The molecule has 1 heterocycles. The average molecular weight is 253 g/mol. The van der Waals surface area contributed by atoms with Crippen molar-refractivity contribution >= 4 is 11.8 Å². The lowest BCUT2D eigenvalue weighted by molar-refractivity contribution is -0.135. The summed E-state index contributed by atoms with van der Waals surface area (Å²) in [5, 5.41) is 2.60. The monoisotopic (exact) mass is 253 g/mol. The van der Waals surface area contributed by atoms with Gasteiger partial charge in [-0.05, 0) is 0 Å². The van der Waals surface area contributed by atoms with Crippen LogP contribution in [0.2, 0.25) is 0 Å². The Kier molecular flexibility index (Phi) is 6.19. The molecule has 1 rings (SSSR count). The Labute approximate surface area is 107 Å². The average Bonchev–Trinajstić information content (AvgIpc) is 2.39. The molecule has 1 atom stereocenters. The zero-order valence-electron chi connectivity index (χ0n) is 10.4. The van der Waals surface area contributed by atoms with E-state index >= 15 is 0 Å². The predicted molar refractivity (Wildman–Crippen MR) is 66.5 cm³/mol. The van der Waals surface area contributed by atoms with Crippen molar-refractivity contribution in [3.8, 4) is 12.3 Å². The molecule has 1 aliphatic rings. The fourth-order valence-corrected chi connectivity index (χ4v) is 1.61. The van der Waals surface area contributed by atoms with Crippen molar-refractivity contribution in [2.45, 2.75) is 18.9 Å². The van der Waals surface area contributed by atoms with Gasteiger partial charge >= 0.3 is 0 Å². The number of nitrogens with one attached hydrogen (secondary N) is 1. The Morgan fingerprint density at radius 1 is 1.44 bits per heavy atom. The molecule has 6 nitrogen and oxygen atoms in total. The standard InChI is InChI=1S/C12H19N3O3/c1-2-3-10(13)12(17)14-5-4-11(16)15-6-8-18-9-7-15/h1,10H,3-9,13H2,(H,14,17). The van der Waals surface area contributed by atoms with Gasteiger partial charge in [-0.2, -0.15) is 0 Å². The number of rotatable bonds is 5. The third kappa shape index (κ3) is 4.73. The van der Waals surface area contributed by atoms with Crippen LogP contribution in [-0.2, 0) is 14.3 Å². The zero-order chi connectivity index (χ0) is 13.4. The van der Waals surface area contributed by atoms with Crippen molar-refractivity contribution < 1.29 is 14.3 Å². The van der Waals surface area contributed by atoms with Crippen LogP contribution in [-0.4, -0.2) is 55.6 Å². The van der Waals surface area contributed by atoms with Gasteiger partial charge in [0.1, 0.15) is 0 Å². The van der Waals surface area contributed by atoms with Gasteiger partial charge in [0.15, 0.2) is 0 Å². The number of amides is 2. The highest BCUT2D eigenvalue weighted by atomic mass is 16.5. The number of nitrogens with two attached hydrogens (primary N) is 1. The number of terminal acetylenes is 1. The summed E-state index contributed by atoms with van der Waals surface area (Å²) in [6.45, 7) is 2.66. The van der Waals surface area contributed by atoms with Crippen LogP contribution in [0.1, 0.15) is 12.8 Å². The van der Waals surface area contributed by atoms with Gasteiger partial charge in [-0.3, -0.25) is 9.59 Å². The van der Waals surface area contributed by atoms with Gasteiger partial charge in [0.2, 0.25) is 11.8 Å². The number of carbonyl (C=O) groups is 2. The van der Waals surface area contributed by atoms with E-state index in [9.17, 15) is 9.59 Å². The van der Waals surface area contributed by atoms with Gasteiger partial charge in [-0.15, -0.1) is 12.3 Å². The van der Waals surface area contributed by atoms with E-state index in [0.29, 0.717) is 26.3 Å². The first-order valence-electron chi connectivity index (χ1n) is 5.97. The third-order valence-electron chi connectivity index (χ3n) is 2.68. The first-order chi connectivity index (χ1) is 8.65. The fraction of sp³-hybridized carbons (Fsp3) is 0.667. The Balaban J connectivity index is 2.18. The quantitative estimate of drug-likeness (QED) is 0.597. The van der Waals surface area contributed by atoms with E-state index < -0.39 is 6.04 Å². The van der Waals surface area contributed by atoms with Crippen molar-refractivity contribution in [2.24, 2.45) is 5.73 Å². The lowest BCUT2D eigenvalue weighted by Gasteiger charge is -2.26. The number of ether oxygens (including phenoxy) is 1. The molecule has 0 aromatic heterocycles. The van der Waals surface area contributed by atoms with Gasteiger partial charge in [0.05, 0.1) is 19.3 Å². The van der Waals surface area contributed by atoms with Crippen LogP contribution < -0.4 is 11.1 Å². The van der Waals surface area contributed by atoms with Gasteiger partial charge in [0, 0.05) is 32.5 Å². The van der Waals surface area contributed by atoms with Gasteiger partial charge in [-0.25, -0.2) is 0 Å². The summed E-state index contributed by atoms with van der Waals surface area (Å²) >= 11 is 0. The van der Waals surface area contributed by atoms with Gasteiger partial charge in [0.25, 0.3) is 0 Å². The second kappa shape index (κ2) is 7.69. The summed E-state index contributed by atoms with van der Waals surface area (Å²) in [7, 11) is 0. The van der Waals surface area contributed by atoms with E-state index in [4.69, 9.17) is 16.9 Å². The molecule has 0 aromatic rings. The molecule has 3 N–H and O–H groups in total. The highest BCUT2D eigenvalue weighted by molar-refractivity contribution is 5.82. The predicted octanol–water partition coefficient (Wildman–Crippen LogP) is -1.30. The van der Waals surface area contributed by atoms with Gasteiger partial charge < -0.3 is 20.7 Å². The molecule has 0 bridgehead atoms. The third-order valence-corrected chi connectivity index (χ3v) is 2.68. The maximum absolute atomic E-state index is 11.7. The molecule has 1 fully saturated rings. The summed E-state index contributed by atoms with van der Waals surface area (Å²) in [5.41, 5.74) is 5.52. The molecule has 18 heavy (non-hydrogen) atoms. The Morgan fingerprint density at radius 3 is 2.72 bits per heavy atom. The Hall–Kier alpha value is -1.58. The molecule has 0 aliphatic carbocycles. The molecule has 1 saturated heterocycles. The smallest absolute Gasteiger partial charge is 0.237 e. The lowest BCUT2D eigenvalue weighted by atomic mass is 10.2. The van der Waals surface area contributed by atoms with E-state index in [2.05, 4.69) is 11.2 Å². The van der Waals surface area contributed by atoms with Crippen LogP contribution in [0.3, 0.4) is 0 Å². The molecule has 2 amide bonds. The first-order valence-corrected chi connectivity index (χ1v) is 5.97. The fourth-order valence-electron chi connectivity index (χ4n) is 1.61. The molecule has 1 aliphatic heterocycles. The number of carbonyl (C=O) groups excluding carboxylic acids is 2. The van der Waals surface area contributed by atoms with Crippen LogP contribution in [0, 0.1) is 12.3 Å². The molecular weight excluding hydrogens is 234 g/mol. The Morgan fingerprint density at radius 2 is 2.11 bits per heavy atom. The normalized spacial score (nSPS) is 16.8. The van der Waals surface area contributed by atoms with E-state index in [1.165, 1.54) is 0 Å². The van der Waals surface area contributed by atoms with Crippen molar-refractivity contribution in [2.75, 3.05) is 32.8 Å². The molecule has 0 saturated carbocycles. The van der Waals surface area contributed by atoms with Crippen LogP contribution in [0.5, 0.6) is 0 Å². The van der Waals surface area contributed by atoms with Crippen LogP contribution in [0.4, 0.5) is 0 Å². The molecule has 6 heteroatoms.